The van der Waals surface area contributed by atoms with E-state index >= 15 is 0 Å². The van der Waals surface area contributed by atoms with Crippen LogP contribution in [0.1, 0.15) is 17.5 Å². The molecule has 0 fully saturated rings. The summed E-state index contributed by atoms with van der Waals surface area (Å²) in [4.78, 5) is 11.3. The first-order chi connectivity index (χ1) is 8.67. The Labute approximate surface area is 107 Å². The van der Waals surface area contributed by atoms with Gasteiger partial charge < -0.3 is 15.2 Å². The third-order valence-corrected chi connectivity index (χ3v) is 2.25. The summed E-state index contributed by atoms with van der Waals surface area (Å²) in [5, 5.41) is 11.4. The monoisotopic (exact) mass is 247 g/mol. The second-order valence-electron chi connectivity index (χ2n) is 3.79. The Balaban J connectivity index is 2.74. The predicted octanol–water partition coefficient (Wildman–Crippen LogP) is 1.31. The van der Waals surface area contributed by atoms with E-state index in [1.807, 2.05) is 19.1 Å². The minimum atomic E-state index is -0.184. The van der Waals surface area contributed by atoms with Gasteiger partial charge in [-0.2, -0.15) is 0 Å². The average Bonchev–Trinajstić information content (AvgIpc) is 2.32. The van der Waals surface area contributed by atoms with Crippen molar-refractivity contribution in [2.75, 3.05) is 25.6 Å². The molecule has 0 bridgehead atoms. The van der Waals surface area contributed by atoms with Crippen molar-refractivity contribution in [1.29, 1.82) is 0 Å². The Bertz CT molecular complexity index is 472. The molecular weight excluding hydrogens is 230 g/mol. The van der Waals surface area contributed by atoms with Crippen LogP contribution < -0.4 is 5.32 Å². The van der Waals surface area contributed by atoms with E-state index in [9.17, 15) is 4.79 Å². The Kier molecular flexibility index (Phi) is 5.92. The molecule has 2 N–H and O–H groups in total. The van der Waals surface area contributed by atoms with Crippen LogP contribution in [0, 0.1) is 18.8 Å². The maximum atomic E-state index is 11.3. The van der Waals surface area contributed by atoms with Crippen molar-refractivity contribution in [3.8, 4) is 11.8 Å². The number of nitrogens with one attached hydrogen (secondary N) is 1. The van der Waals surface area contributed by atoms with Gasteiger partial charge >= 0.3 is 0 Å². The van der Waals surface area contributed by atoms with Gasteiger partial charge in [0, 0.05) is 24.8 Å². The molecule has 1 amide bonds. The molecule has 0 aromatic heterocycles. The zero-order chi connectivity index (χ0) is 13.4. The number of rotatable bonds is 4. The summed E-state index contributed by atoms with van der Waals surface area (Å²) < 4.78 is 4.74. The van der Waals surface area contributed by atoms with Crippen LogP contribution in [-0.2, 0) is 9.53 Å². The highest BCUT2D eigenvalue weighted by Gasteiger charge is 2.02. The molecular formula is C14H17NO3. The lowest BCUT2D eigenvalue weighted by Crippen LogP contribution is -2.17. The van der Waals surface area contributed by atoms with Gasteiger partial charge in [-0.05, 0) is 30.7 Å². The molecule has 0 unspecified atom stereocenters. The van der Waals surface area contributed by atoms with Gasteiger partial charge in [-0.15, -0.1) is 0 Å². The lowest BCUT2D eigenvalue weighted by Gasteiger charge is -2.06. The van der Waals surface area contributed by atoms with Gasteiger partial charge in [0.25, 0.3) is 0 Å². The largest absolute Gasteiger partial charge is 0.395 e. The van der Waals surface area contributed by atoms with Crippen molar-refractivity contribution in [3.05, 3.63) is 29.3 Å². The van der Waals surface area contributed by atoms with E-state index in [1.165, 1.54) is 7.11 Å². The van der Waals surface area contributed by atoms with Gasteiger partial charge in [0.05, 0.1) is 6.61 Å². The van der Waals surface area contributed by atoms with Crippen LogP contribution in [0.3, 0.4) is 0 Å². The second kappa shape index (κ2) is 7.49. The highest BCUT2D eigenvalue weighted by atomic mass is 16.5. The minimum Gasteiger partial charge on any atom is -0.395 e. The van der Waals surface area contributed by atoms with Crippen molar-refractivity contribution >= 4 is 11.6 Å². The van der Waals surface area contributed by atoms with E-state index in [2.05, 4.69) is 17.2 Å². The number of benzene rings is 1. The van der Waals surface area contributed by atoms with Crippen LogP contribution in [0.4, 0.5) is 5.69 Å². The summed E-state index contributed by atoms with van der Waals surface area (Å²) in [7, 11) is 1.48. The highest BCUT2D eigenvalue weighted by molar-refractivity contribution is 5.91. The summed E-state index contributed by atoms with van der Waals surface area (Å²) >= 11 is 0. The highest BCUT2D eigenvalue weighted by Crippen LogP contribution is 2.14. The number of hydrogen-bond acceptors (Lipinski definition) is 3. The number of aliphatic hydroxyl groups is 1. The summed E-state index contributed by atoms with van der Waals surface area (Å²) in [6, 6.07) is 5.50. The van der Waals surface area contributed by atoms with Crippen LogP contribution >= 0.6 is 0 Å². The van der Waals surface area contributed by atoms with E-state index in [1.54, 1.807) is 6.07 Å². The molecule has 4 heteroatoms. The van der Waals surface area contributed by atoms with Gasteiger partial charge in [0.1, 0.15) is 6.61 Å². The van der Waals surface area contributed by atoms with Crippen LogP contribution in [0.2, 0.25) is 0 Å². The van der Waals surface area contributed by atoms with E-state index in [-0.39, 0.29) is 19.1 Å². The van der Waals surface area contributed by atoms with Crippen molar-refractivity contribution in [3.63, 3.8) is 0 Å². The number of ether oxygens (including phenoxy) is 1. The Morgan fingerprint density at radius 1 is 1.50 bits per heavy atom. The summed E-state index contributed by atoms with van der Waals surface area (Å²) in [5.41, 5.74) is 2.60. The topological polar surface area (TPSA) is 58.6 Å². The molecule has 0 atom stereocenters. The number of amides is 1. The lowest BCUT2D eigenvalue weighted by atomic mass is 10.1. The lowest BCUT2D eigenvalue weighted by molar-refractivity contribution is -0.119. The standard InChI is InChI=1S/C14H17NO3/c1-11-9-13(15-14(17)10-18-2)7-6-12(11)5-3-4-8-16/h6-7,9,16H,4,8,10H2,1-2H3,(H,15,17). The summed E-state index contributed by atoms with van der Waals surface area (Å²) in [6.07, 6.45) is 0.464. The Morgan fingerprint density at radius 3 is 2.89 bits per heavy atom. The van der Waals surface area contributed by atoms with Crippen LogP contribution in [0.15, 0.2) is 18.2 Å². The zero-order valence-corrected chi connectivity index (χ0v) is 10.6. The number of methoxy groups -OCH3 is 1. The van der Waals surface area contributed by atoms with Crippen LogP contribution in [-0.4, -0.2) is 31.3 Å². The molecule has 96 valence electrons. The molecule has 0 aliphatic heterocycles. The molecule has 0 aliphatic rings. The van der Waals surface area contributed by atoms with Crippen LogP contribution in [0.25, 0.3) is 0 Å². The molecule has 0 spiro atoms. The minimum absolute atomic E-state index is 0.0388. The first kappa shape index (κ1) is 14.2. The number of anilines is 1. The average molecular weight is 247 g/mol. The quantitative estimate of drug-likeness (QED) is 0.789. The first-order valence-electron chi connectivity index (χ1n) is 5.66. The van der Waals surface area contributed by atoms with Crippen LogP contribution in [0.5, 0.6) is 0 Å². The zero-order valence-electron chi connectivity index (χ0n) is 10.6. The molecule has 1 rings (SSSR count). The number of carbonyl (C=O) groups excluding carboxylic acids is 1. The number of aryl methyl sites for hydroxylation is 1. The third-order valence-electron chi connectivity index (χ3n) is 2.25. The van der Waals surface area contributed by atoms with E-state index < -0.39 is 0 Å². The molecule has 4 nitrogen and oxygen atoms in total. The first-order valence-corrected chi connectivity index (χ1v) is 5.66. The van der Waals surface area contributed by atoms with Crippen molar-refractivity contribution in [2.45, 2.75) is 13.3 Å². The molecule has 1 aromatic rings. The Morgan fingerprint density at radius 2 is 2.28 bits per heavy atom. The number of hydrogen-bond donors (Lipinski definition) is 2. The van der Waals surface area contributed by atoms with Gasteiger partial charge in [0.15, 0.2) is 0 Å². The van der Waals surface area contributed by atoms with E-state index in [0.717, 1.165) is 16.8 Å². The maximum Gasteiger partial charge on any atom is 0.250 e. The van der Waals surface area contributed by atoms with Gasteiger partial charge in [0.2, 0.25) is 5.91 Å². The summed E-state index contributed by atoms with van der Waals surface area (Å²) in [6.45, 7) is 2.03. The normalized spacial score (nSPS) is 9.50. The fourth-order valence-electron chi connectivity index (χ4n) is 1.42. The smallest absolute Gasteiger partial charge is 0.250 e. The Hall–Kier alpha value is -1.83. The van der Waals surface area contributed by atoms with Gasteiger partial charge in [-0.3, -0.25) is 4.79 Å². The molecule has 0 aliphatic carbocycles. The van der Waals surface area contributed by atoms with Crippen molar-refractivity contribution in [2.24, 2.45) is 0 Å². The summed E-state index contributed by atoms with van der Waals surface area (Å²) in [5.74, 6) is 5.65. The van der Waals surface area contributed by atoms with E-state index in [4.69, 9.17) is 9.84 Å². The fourth-order valence-corrected chi connectivity index (χ4v) is 1.42. The van der Waals surface area contributed by atoms with Gasteiger partial charge in [-0.1, -0.05) is 11.8 Å². The molecule has 0 saturated heterocycles. The van der Waals surface area contributed by atoms with Gasteiger partial charge in [-0.25, -0.2) is 0 Å². The maximum absolute atomic E-state index is 11.3. The van der Waals surface area contributed by atoms with E-state index in [0.29, 0.717) is 6.42 Å². The fraction of sp³-hybridized carbons (Fsp3) is 0.357. The number of carbonyl (C=O) groups is 1. The molecule has 0 radical (unpaired) electrons. The van der Waals surface area contributed by atoms with Crippen molar-refractivity contribution in [1.82, 2.24) is 0 Å². The third kappa shape index (κ3) is 4.58. The molecule has 0 heterocycles. The second-order valence-corrected chi connectivity index (χ2v) is 3.79. The van der Waals surface area contributed by atoms with Crippen molar-refractivity contribution < 1.29 is 14.6 Å². The molecule has 1 aromatic carbocycles. The SMILES string of the molecule is COCC(=O)Nc1ccc(C#CCCO)c(C)c1. The number of aliphatic hydroxyl groups excluding tert-OH is 1. The predicted molar refractivity (Wildman–Crippen MR) is 70.3 cm³/mol. The molecule has 18 heavy (non-hydrogen) atoms. The molecule has 0 saturated carbocycles.